The lowest BCUT2D eigenvalue weighted by Crippen LogP contribution is -2.02. The molecule has 21 heavy (non-hydrogen) atoms. The topological polar surface area (TPSA) is 43.8 Å². The van der Waals surface area contributed by atoms with Gasteiger partial charge in [-0.1, -0.05) is 27.5 Å². The monoisotopic (exact) mass is 367 g/mol. The molecule has 3 rings (SSSR count). The quantitative estimate of drug-likeness (QED) is 0.672. The van der Waals surface area contributed by atoms with Gasteiger partial charge in [-0.15, -0.1) is 0 Å². The molecule has 2 aromatic carbocycles. The molecule has 0 atom stereocenters. The molecule has 3 nitrogen and oxygen atoms in total. The highest BCUT2D eigenvalue weighted by Gasteiger charge is 2.14. The van der Waals surface area contributed by atoms with Gasteiger partial charge in [0.2, 0.25) is 5.95 Å². The third-order valence-electron chi connectivity index (χ3n) is 3.40. The van der Waals surface area contributed by atoms with Gasteiger partial charge in [-0.05, 0) is 43.2 Å². The summed E-state index contributed by atoms with van der Waals surface area (Å²) in [6, 6.07) is 6.79. The highest BCUT2D eigenvalue weighted by molar-refractivity contribution is 9.10. The van der Waals surface area contributed by atoms with Gasteiger partial charge in [-0.25, -0.2) is 9.37 Å². The molecule has 3 aromatic rings. The van der Waals surface area contributed by atoms with Crippen LogP contribution in [-0.4, -0.2) is 9.55 Å². The van der Waals surface area contributed by atoms with Gasteiger partial charge in [0.25, 0.3) is 0 Å². The van der Waals surface area contributed by atoms with E-state index in [9.17, 15) is 4.39 Å². The molecule has 0 saturated carbocycles. The molecule has 0 unspecified atom stereocenters. The van der Waals surface area contributed by atoms with Crippen molar-refractivity contribution in [3.63, 3.8) is 0 Å². The summed E-state index contributed by atoms with van der Waals surface area (Å²) in [5.74, 6) is -0.191. The maximum Gasteiger partial charge on any atom is 0.205 e. The molecule has 108 valence electrons. The fourth-order valence-corrected chi connectivity index (χ4v) is 2.80. The van der Waals surface area contributed by atoms with E-state index in [1.807, 2.05) is 26.0 Å². The second kappa shape index (κ2) is 5.00. The Bertz CT molecular complexity index is 850. The van der Waals surface area contributed by atoms with Crippen molar-refractivity contribution in [1.82, 2.24) is 9.55 Å². The first-order valence-corrected chi connectivity index (χ1v) is 7.45. The Labute approximate surface area is 134 Å². The standard InChI is InChI=1S/C15H12BrClFN3/c1-7-3-9(4-8(2)14(7)16)21-13-6-11(18)10(17)5-12(13)20-15(21)19/h3-6H,1-2H3,(H2,19,20). The number of imidazole rings is 1. The molecule has 1 heterocycles. The van der Waals surface area contributed by atoms with Crippen molar-refractivity contribution in [2.75, 3.05) is 5.73 Å². The molecule has 0 spiro atoms. The molecule has 0 bridgehead atoms. The minimum Gasteiger partial charge on any atom is -0.369 e. The largest absolute Gasteiger partial charge is 0.369 e. The molecule has 0 saturated heterocycles. The molecule has 0 radical (unpaired) electrons. The first kappa shape index (κ1) is 14.4. The fraction of sp³-hybridized carbons (Fsp3) is 0.133. The number of fused-ring (bicyclic) bond motifs is 1. The van der Waals surface area contributed by atoms with E-state index < -0.39 is 5.82 Å². The molecule has 6 heteroatoms. The lowest BCUT2D eigenvalue weighted by Gasteiger charge is -2.11. The summed E-state index contributed by atoms with van der Waals surface area (Å²) in [5, 5.41) is 0.0373. The van der Waals surface area contributed by atoms with Crippen LogP contribution in [0.4, 0.5) is 10.3 Å². The maximum absolute atomic E-state index is 13.8. The molecule has 2 N–H and O–H groups in total. The Hall–Kier alpha value is -1.59. The van der Waals surface area contributed by atoms with Crippen molar-refractivity contribution in [2.24, 2.45) is 0 Å². The number of benzene rings is 2. The number of nitrogens with zero attached hydrogens (tertiary/aromatic N) is 2. The van der Waals surface area contributed by atoms with Gasteiger partial charge in [0.05, 0.1) is 16.1 Å². The highest BCUT2D eigenvalue weighted by Crippen LogP contribution is 2.30. The summed E-state index contributed by atoms with van der Waals surface area (Å²) in [4.78, 5) is 4.25. The summed E-state index contributed by atoms with van der Waals surface area (Å²) < 4.78 is 16.5. The average Bonchev–Trinajstić information content (AvgIpc) is 2.71. The first-order valence-electron chi connectivity index (χ1n) is 6.28. The highest BCUT2D eigenvalue weighted by atomic mass is 79.9. The number of aryl methyl sites for hydroxylation is 2. The minimum atomic E-state index is -0.490. The number of aromatic nitrogens is 2. The van der Waals surface area contributed by atoms with Gasteiger partial charge >= 0.3 is 0 Å². The van der Waals surface area contributed by atoms with E-state index in [0.717, 1.165) is 21.3 Å². The van der Waals surface area contributed by atoms with Crippen LogP contribution in [0.25, 0.3) is 16.7 Å². The molecule has 1 aromatic heterocycles. The number of nitrogens with two attached hydrogens (primary N) is 1. The summed E-state index contributed by atoms with van der Waals surface area (Å²) in [7, 11) is 0. The summed E-state index contributed by atoms with van der Waals surface area (Å²) in [6.07, 6.45) is 0. The van der Waals surface area contributed by atoms with E-state index in [4.69, 9.17) is 17.3 Å². The lowest BCUT2D eigenvalue weighted by atomic mass is 10.1. The predicted octanol–water partition coefficient (Wildman–Crippen LogP) is 4.78. The van der Waals surface area contributed by atoms with Gasteiger partial charge in [0.1, 0.15) is 5.82 Å². The van der Waals surface area contributed by atoms with Gasteiger partial charge in [0, 0.05) is 16.2 Å². The van der Waals surface area contributed by atoms with E-state index in [1.165, 1.54) is 12.1 Å². The van der Waals surface area contributed by atoms with Crippen molar-refractivity contribution in [2.45, 2.75) is 13.8 Å². The lowest BCUT2D eigenvalue weighted by molar-refractivity contribution is 0.629. The van der Waals surface area contributed by atoms with Crippen molar-refractivity contribution in [3.8, 4) is 5.69 Å². The van der Waals surface area contributed by atoms with Crippen molar-refractivity contribution in [3.05, 3.63) is 50.7 Å². The Kier molecular flexibility index (Phi) is 3.42. The van der Waals surface area contributed by atoms with Crippen LogP contribution in [0.2, 0.25) is 5.02 Å². The second-order valence-electron chi connectivity index (χ2n) is 4.95. The molecular formula is C15H12BrClFN3. The zero-order valence-corrected chi connectivity index (χ0v) is 13.8. The molecular weight excluding hydrogens is 357 g/mol. The van der Waals surface area contributed by atoms with Crippen LogP contribution in [0.15, 0.2) is 28.7 Å². The summed E-state index contributed by atoms with van der Waals surface area (Å²) in [5.41, 5.74) is 10.1. The van der Waals surface area contributed by atoms with Crippen molar-refractivity contribution in [1.29, 1.82) is 0 Å². The maximum atomic E-state index is 13.8. The SMILES string of the molecule is Cc1cc(-n2c(N)nc3cc(Cl)c(F)cc32)cc(C)c1Br. The van der Waals surface area contributed by atoms with E-state index >= 15 is 0 Å². The normalized spacial score (nSPS) is 11.3. The van der Waals surface area contributed by atoms with Crippen molar-refractivity contribution < 1.29 is 4.39 Å². The second-order valence-corrected chi connectivity index (χ2v) is 6.15. The molecule has 0 fully saturated rings. The molecule has 0 amide bonds. The van der Waals surface area contributed by atoms with Crippen molar-refractivity contribution >= 4 is 44.5 Å². The fourth-order valence-electron chi connectivity index (χ4n) is 2.41. The number of rotatable bonds is 1. The van der Waals surface area contributed by atoms with Crippen LogP contribution in [-0.2, 0) is 0 Å². The van der Waals surface area contributed by atoms with Crippen LogP contribution < -0.4 is 5.73 Å². The number of halogens is 3. The zero-order valence-electron chi connectivity index (χ0n) is 11.4. The Morgan fingerprint density at radius 2 is 1.81 bits per heavy atom. The van der Waals surface area contributed by atoms with Gasteiger partial charge in [0.15, 0.2) is 0 Å². The number of hydrogen-bond acceptors (Lipinski definition) is 2. The van der Waals surface area contributed by atoms with E-state index in [0.29, 0.717) is 17.0 Å². The van der Waals surface area contributed by atoms with Crippen LogP contribution in [0, 0.1) is 19.7 Å². The first-order chi connectivity index (χ1) is 9.88. The number of nitrogen functional groups attached to an aromatic ring is 1. The molecule has 0 aliphatic carbocycles. The van der Waals surface area contributed by atoms with Crippen LogP contribution in [0.5, 0.6) is 0 Å². The Balaban J connectivity index is 2.34. The van der Waals surface area contributed by atoms with Gasteiger partial charge < -0.3 is 5.73 Å². The number of anilines is 1. The summed E-state index contributed by atoms with van der Waals surface area (Å²) >= 11 is 9.33. The summed E-state index contributed by atoms with van der Waals surface area (Å²) in [6.45, 7) is 3.99. The van der Waals surface area contributed by atoms with E-state index in [2.05, 4.69) is 20.9 Å². The van der Waals surface area contributed by atoms with Crippen LogP contribution in [0.3, 0.4) is 0 Å². The molecule has 0 aliphatic heterocycles. The minimum absolute atomic E-state index is 0.0373. The zero-order chi connectivity index (χ0) is 15.3. The Morgan fingerprint density at radius 3 is 2.43 bits per heavy atom. The van der Waals surface area contributed by atoms with Gasteiger partial charge in [-0.2, -0.15) is 0 Å². The van der Waals surface area contributed by atoms with Crippen LogP contribution >= 0.6 is 27.5 Å². The van der Waals surface area contributed by atoms with E-state index in [1.54, 1.807) is 4.57 Å². The smallest absolute Gasteiger partial charge is 0.205 e. The predicted molar refractivity (Wildman–Crippen MR) is 87.6 cm³/mol. The number of hydrogen-bond donors (Lipinski definition) is 1. The van der Waals surface area contributed by atoms with Gasteiger partial charge in [-0.3, -0.25) is 4.57 Å². The van der Waals surface area contributed by atoms with E-state index in [-0.39, 0.29) is 5.02 Å². The average molecular weight is 369 g/mol. The third-order valence-corrected chi connectivity index (χ3v) is 4.94. The Morgan fingerprint density at radius 1 is 1.19 bits per heavy atom. The molecule has 0 aliphatic rings. The third kappa shape index (κ3) is 2.30. The van der Waals surface area contributed by atoms with Crippen LogP contribution in [0.1, 0.15) is 11.1 Å².